The van der Waals surface area contributed by atoms with Gasteiger partial charge in [0.1, 0.15) is 0 Å². The summed E-state index contributed by atoms with van der Waals surface area (Å²) in [6, 6.07) is 20.4. The summed E-state index contributed by atoms with van der Waals surface area (Å²) in [5, 5.41) is 0.125. The van der Waals surface area contributed by atoms with Crippen molar-refractivity contribution in [3.05, 3.63) is 71.8 Å². The van der Waals surface area contributed by atoms with Crippen LogP contribution < -0.4 is 0 Å². The van der Waals surface area contributed by atoms with Gasteiger partial charge in [0.25, 0.3) is 10.1 Å². The average Bonchev–Trinajstić information content (AvgIpc) is 2.70. The van der Waals surface area contributed by atoms with Gasteiger partial charge in [-0.1, -0.05) is 81.4 Å². The van der Waals surface area contributed by atoms with E-state index >= 15 is 0 Å². The second-order valence-electron chi connectivity index (χ2n) is 9.92. The van der Waals surface area contributed by atoms with Crippen LogP contribution in [0.1, 0.15) is 38.3 Å². The van der Waals surface area contributed by atoms with E-state index in [0.717, 1.165) is 6.26 Å². The fourth-order valence-electron chi connectivity index (χ4n) is 3.19. The SMILES string of the molecule is CC(C)(C)[Si](C)(C)OCC[C@@H](COS(C)(=O)=O)N(Cc1ccccc1)Cc1ccccc1. The first-order chi connectivity index (χ1) is 14.9. The maximum absolute atomic E-state index is 11.8. The highest BCUT2D eigenvalue weighted by atomic mass is 32.2. The van der Waals surface area contributed by atoms with Crippen LogP contribution in [-0.4, -0.2) is 47.1 Å². The average molecular weight is 478 g/mol. The van der Waals surface area contributed by atoms with E-state index in [4.69, 9.17) is 8.61 Å². The molecule has 0 saturated heterocycles. The van der Waals surface area contributed by atoms with E-state index in [-0.39, 0.29) is 17.7 Å². The van der Waals surface area contributed by atoms with Gasteiger partial charge in [-0.15, -0.1) is 0 Å². The second-order valence-corrected chi connectivity index (χ2v) is 16.4. The zero-order valence-corrected chi connectivity index (χ0v) is 22.2. The molecular formula is C25H39NO4SSi. The molecule has 2 rings (SSSR count). The molecule has 0 bridgehead atoms. The summed E-state index contributed by atoms with van der Waals surface area (Å²) < 4.78 is 35.2. The van der Waals surface area contributed by atoms with Crippen LogP contribution in [0.2, 0.25) is 18.1 Å². The summed E-state index contributed by atoms with van der Waals surface area (Å²) in [5.74, 6) is 0. The van der Waals surface area contributed by atoms with Crippen molar-refractivity contribution >= 4 is 18.4 Å². The third kappa shape index (κ3) is 9.15. The molecular weight excluding hydrogens is 438 g/mol. The zero-order chi connectivity index (χ0) is 23.8. The van der Waals surface area contributed by atoms with Crippen LogP contribution in [0.15, 0.2) is 60.7 Å². The molecule has 0 spiro atoms. The van der Waals surface area contributed by atoms with Crippen LogP contribution >= 0.6 is 0 Å². The lowest BCUT2D eigenvalue weighted by molar-refractivity contribution is 0.101. The minimum Gasteiger partial charge on any atom is -0.417 e. The van der Waals surface area contributed by atoms with Gasteiger partial charge in [0, 0.05) is 25.7 Å². The van der Waals surface area contributed by atoms with Crippen molar-refractivity contribution in [2.75, 3.05) is 19.5 Å². The third-order valence-electron chi connectivity index (χ3n) is 6.17. The van der Waals surface area contributed by atoms with E-state index in [1.165, 1.54) is 11.1 Å². The summed E-state index contributed by atoms with van der Waals surface area (Å²) in [5.41, 5.74) is 2.36. The molecule has 0 aliphatic heterocycles. The molecule has 0 aliphatic carbocycles. The van der Waals surface area contributed by atoms with Crippen LogP contribution in [0.5, 0.6) is 0 Å². The van der Waals surface area contributed by atoms with Gasteiger partial charge in [0.2, 0.25) is 0 Å². The lowest BCUT2D eigenvalue weighted by atomic mass is 10.1. The molecule has 5 nitrogen and oxygen atoms in total. The van der Waals surface area contributed by atoms with Crippen LogP contribution in [-0.2, 0) is 31.8 Å². The molecule has 0 aliphatic rings. The molecule has 0 heterocycles. The van der Waals surface area contributed by atoms with Gasteiger partial charge in [-0.2, -0.15) is 8.42 Å². The van der Waals surface area contributed by atoms with E-state index < -0.39 is 18.4 Å². The molecule has 0 unspecified atom stereocenters. The van der Waals surface area contributed by atoms with Gasteiger partial charge >= 0.3 is 0 Å². The van der Waals surface area contributed by atoms with E-state index in [2.05, 4.69) is 63.0 Å². The van der Waals surface area contributed by atoms with Gasteiger partial charge in [-0.05, 0) is 35.7 Å². The summed E-state index contributed by atoms with van der Waals surface area (Å²) in [6.45, 7) is 13.2. The van der Waals surface area contributed by atoms with Gasteiger partial charge < -0.3 is 4.43 Å². The Morgan fingerprint density at radius 1 is 0.906 bits per heavy atom. The Hall–Kier alpha value is -1.51. The minimum absolute atomic E-state index is 0.102. The van der Waals surface area contributed by atoms with Crippen LogP contribution in [0, 0.1) is 0 Å². The van der Waals surface area contributed by atoms with Gasteiger partial charge in [-0.25, -0.2) is 0 Å². The molecule has 1 atom stereocenters. The highest BCUT2D eigenvalue weighted by Crippen LogP contribution is 2.36. The molecule has 0 amide bonds. The van der Waals surface area contributed by atoms with Crippen molar-refractivity contribution in [1.29, 1.82) is 0 Å². The smallest absolute Gasteiger partial charge is 0.264 e. The van der Waals surface area contributed by atoms with Crippen molar-refractivity contribution in [3.63, 3.8) is 0 Å². The molecule has 0 aromatic heterocycles. The largest absolute Gasteiger partial charge is 0.417 e. The number of benzene rings is 2. The summed E-state index contributed by atoms with van der Waals surface area (Å²) in [7, 11) is -5.43. The molecule has 0 fully saturated rings. The topological polar surface area (TPSA) is 55.8 Å². The molecule has 32 heavy (non-hydrogen) atoms. The highest BCUT2D eigenvalue weighted by molar-refractivity contribution is 7.85. The Balaban J connectivity index is 2.23. The van der Waals surface area contributed by atoms with Gasteiger partial charge in [-0.3, -0.25) is 9.08 Å². The van der Waals surface area contributed by atoms with Crippen molar-refractivity contribution in [2.45, 2.75) is 64.5 Å². The quantitative estimate of drug-likeness (QED) is 0.301. The first-order valence-electron chi connectivity index (χ1n) is 11.2. The van der Waals surface area contributed by atoms with E-state index in [1.54, 1.807) is 0 Å². The third-order valence-corrected chi connectivity index (χ3v) is 11.3. The first kappa shape index (κ1) is 26.7. The lowest BCUT2D eigenvalue weighted by Gasteiger charge is -2.37. The van der Waals surface area contributed by atoms with Gasteiger partial charge in [0.05, 0.1) is 12.9 Å². The molecule has 2 aromatic rings. The lowest BCUT2D eigenvalue weighted by Crippen LogP contribution is -2.43. The monoisotopic (exact) mass is 477 g/mol. The minimum atomic E-state index is -3.53. The van der Waals surface area contributed by atoms with Crippen molar-refractivity contribution in [3.8, 4) is 0 Å². The Morgan fingerprint density at radius 2 is 1.38 bits per heavy atom. The number of nitrogens with zero attached hydrogens (tertiary/aromatic N) is 1. The van der Waals surface area contributed by atoms with Crippen LogP contribution in [0.3, 0.4) is 0 Å². The molecule has 0 N–H and O–H groups in total. The maximum atomic E-state index is 11.8. The fraction of sp³-hybridized carbons (Fsp3) is 0.520. The molecule has 7 heteroatoms. The molecule has 0 radical (unpaired) electrons. The number of rotatable bonds is 12. The second kappa shape index (κ2) is 11.6. The fourth-order valence-corrected chi connectivity index (χ4v) is 4.66. The summed E-state index contributed by atoms with van der Waals surface area (Å²) in [4.78, 5) is 2.30. The van der Waals surface area contributed by atoms with Crippen LogP contribution in [0.4, 0.5) is 0 Å². The van der Waals surface area contributed by atoms with Crippen molar-refractivity contribution in [2.24, 2.45) is 0 Å². The van der Waals surface area contributed by atoms with Crippen molar-refractivity contribution < 1.29 is 17.0 Å². The highest BCUT2D eigenvalue weighted by Gasteiger charge is 2.37. The predicted octanol–water partition coefficient (Wildman–Crippen LogP) is 5.45. The normalized spacial score (nSPS) is 14.0. The standard InChI is InChI=1S/C25H39NO4SSi/c1-25(2,3)32(5,6)30-18-17-24(21-29-31(4,27)28)26(19-22-13-9-7-10-14-22)20-23-15-11-8-12-16-23/h7-16,24H,17-21H2,1-6H3/t24-/m0/s1. The summed E-state index contributed by atoms with van der Waals surface area (Å²) >= 11 is 0. The Morgan fingerprint density at radius 3 is 1.78 bits per heavy atom. The maximum Gasteiger partial charge on any atom is 0.264 e. The van der Waals surface area contributed by atoms with E-state index in [0.29, 0.717) is 26.1 Å². The number of hydrogen-bond donors (Lipinski definition) is 0. The molecule has 0 saturated carbocycles. The molecule has 2 aromatic carbocycles. The summed E-state index contributed by atoms with van der Waals surface area (Å²) in [6.07, 6.45) is 1.80. The molecule has 178 valence electrons. The Bertz CT molecular complexity index is 870. The van der Waals surface area contributed by atoms with E-state index in [1.807, 2.05) is 36.4 Å². The van der Waals surface area contributed by atoms with Crippen molar-refractivity contribution in [1.82, 2.24) is 4.90 Å². The van der Waals surface area contributed by atoms with Crippen LogP contribution in [0.25, 0.3) is 0 Å². The Labute approximate surface area is 196 Å². The van der Waals surface area contributed by atoms with E-state index in [9.17, 15) is 8.42 Å². The first-order valence-corrected chi connectivity index (χ1v) is 15.9. The predicted molar refractivity (Wildman–Crippen MR) is 134 cm³/mol. The number of hydrogen-bond acceptors (Lipinski definition) is 5. The Kier molecular flexibility index (Phi) is 9.66. The van der Waals surface area contributed by atoms with Gasteiger partial charge in [0.15, 0.2) is 8.32 Å². The zero-order valence-electron chi connectivity index (χ0n) is 20.4.